The number of halogens is 1. The molecule has 0 aliphatic rings. The molecule has 1 aromatic rings. The molecule has 0 spiro atoms. The monoisotopic (exact) mass is 284 g/mol. The van der Waals surface area contributed by atoms with Crippen molar-refractivity contribution in [2.45, 2.75) is 33.2 Å². The number of hydrogen-bond donors (Lipinski definition) is 2. The van der Waals surface area contributed by atoms with E-state index in [1.54, 1.807) is 0 Å². The van der Waals surface area contributed by atoms with E-state index in [9.17, 15) is 4.79 Å². The Morgan fingerprint density at radius 3 is 2.31 bits per heavy atom. The highest BCUT2D eigenvalue weighted by molar-refractivity contribution is 9.10. The standard InChI is InChI=1S/C12H17BrN2O/c1-4-10(12(14)16)15-9-5-7(2)11(13)8(3)6-9/h5-6,10,15H,4H2,1-3H3,(H2,14,16). The number of primary amides is 1. The van der Waals surface area contributed by atoms with Crippen LogP contribution < -0.4 is 11.1 Å². The molecule has 88 valence electrons. The number of nitrogens with one attached hydrogen (secondary N) is 1. The summed E-state index contributed by atoms with van der Waals surface area (Å²) in [6.07, 6.45) is 0.684. The summed E-state index contributed by atoms with van der Waals surface area (Å²) in [6.45, 7) is 5.97. The molecule has 1 amide bonds. The van der Waals surface area contributed by atoms with Crippen molar-refractivity contribution in [2.24, 2.45) is 5.73 Å². The van der Waals surface area contributed by atoms with E-state index < -0.39 is 0 Å². The largest absolute Gasteiger partial charge is 0.374 e. The van der Waals surface area contributed by atoms with Crippen LogP contribution in [0.1, 0.15) is 24.5 Å². The van der Waals surface area contributed by atoms with Gasteiger partial charge in [-0.1, -0.05) is 22.9 Å². The number of rotatable bonds is 4. The predicted octanol–water partition coefficient (Wildman–Crippen LogP) is 2.74. The first-order valence-electron chi connectivity index (χ1n) is 5.28. The lowest BCUT2D eigenvalue weighted by Gasteiger charge is -2.16. The summed E-state index contributed by atoms with van der Waals surface area (Å²) in [6, 6.07) is 3.70. The van der Waals surface area contributed by atoms with Crippen LogP contribution in [-0.2, 0) is 4.79 Å². The number of carbonyl (C=O) groups excluding carboxylic acids is 1. The third-order valence-corrected chi connectivity index (χ3v) is 3.78. The van der Waals surface area contributed by atoms with Crippen LogP contribution in [0.4, 0.5) is 5.69 Å². The van der Waals surface area contributed by atoms with E-state index in [1.807, 2.05) is 32.9 Å². The molecule has 0 bridgehead atoms. The van der Waals surface area contributed by atoms with Gasteiger partial charge in [0, 0.05) is 10.2 Å². The zero-order valence-corrected chi connectivity index (χ0v) is 11.4. The van der Waals surface area contributed by atoms with E-state index in [0.29, 0.717) is 6.42 Å². The van der Waals surface area contributed by atoms with E-state index in [2.05, 4.69) is 21.2 Å². The Morgan fingerprint density at radius 2 is 1.94 bits per heavy atom. The molecule has 0 saturated heterocycles. The van der Waals surface area contributed by atoms with Crippen LogP contribution in [0, 0.1) is 13.8 Å². The molecule has 1 unspecified atom stereocenters. The van der Waals surface area contributed by atoms with Crippen LogP contribution in [0.3, 0.4) is 0 Å². The maximum atomic E-state index is 11.1. The van der Waals surface area contributed by atoms with E-state index in [0.717, 1.165) is 21.3 Å². The fraction of sp³-hybridized carbons (Fsp3) is 0.417. The molecule has 0 radical (unpaired) electrons. The summed E-state index contributed by atoms with van der Waals surface area (Å²) in [7, 11) is 0. The summed E-state index contributed by atoms with van der Waals surface area (Å²) in [4.78, 5) is 11.1. The van der Waals surface area contributed by atoms with Gasteiger partial charge in [-0.05, 0) is 43.5 Å². The number of carbonyl (C=O) groups is 1. The maximum absolute atomic E-state index is 11.1. The van der Waals surface area contributed by atoms with E-state index in [1.165, 1.54) is 0 Å². The Kier molecular flexibility index (Phi) is 4.35. The number of hydrogen-bond acceptors (Lipinski definition) is 2. The van der Waals surface area contributed by atoms with Crippen LogP contribution in [0.5, 0.6) is 0 Å². The lowest BCUT2D eigenvalue weighted by molar-refractivity contribution is -0.118. The van der Waals surface area contributed by atoms with Crippen molar-refractivity contribution in [3.05, 3.63) is 27.7 Å². The molecule has 0 aromatic heterocycles. The van der Waals surface area contributed by atoms with E-state index >= 15 is 0 Å². The zero-order chi connectivity index (χ0) is 12.3. The maximum Gasteiger partial charge on any atom is 0.239 e. The van der Waals surface area contributed by atoms with Crippen LogP contribution in [0.15, 0.2) is 16.6 Å². The molecule has 0 heterocycles. The van der Waals surface area contributed by atoms with Crippen LogP contribution in [-0.4, -0.2) is 11.9 Å². The van der Waals surface area contributed by atoms with Crippen molar-refractivity contribution in [2.75, 3.05) is 5.32 Å². The highest BCUT2D eigenvalue weighted by Gasteiger charge is 2.12. The fourth-order valence-electron chi connectivity index (χ4n) is 1.60. The molecule has 0 aliphatic carbocycles. The molecule has 1 aromatic carbocycles. The molecule has 0 fully saturated rings. The second kappa shape index (κ2) is 5.34. The van der Waals surface area contributed by atoms with Gasteiger partial charge in [-0.3, -0.25) is 4.79 Å². The fourth-order valence-corrected chi connectivity index (χ4v) is 1.83. The van der Waals surface area contributed by atoms with Gasteiger partial charge < -0.3 is 11.1 Å². The molecule has 16 heavy (non-hydrogen) atoms. The topological polar surface area (TPSA) is 55.1 Å². The zero-order valence-electron chi connectivity index (χ0n) is 9.80. The number of amides is 1. The van der Waals surface area contributed by atoms with Crippen LogP contribution in [0.2, 0.25) is 0 Å². The molecule has 1 rings (SSSR count). The first-order chi connectivity index (χ1) is 7.45. The molecule has 0 saturated carbocycles. The molecular formula is C12H17BrN2O. The van der Waals surface area contributed by atoms with Gasteiger partial charge in [0.15, 0.2) is 0 Å². The lowest BCUT2D eigenvalue weighted by Crippen LogP contribution is -2.34. The molecule has 3 nitrogen and oxygen atoms in total. The summed E-state index contributed by atoms with van der Waals surface area (Å²) >= 11 is 3.51. The highest BCUT2D eigenvalue weighted by atomic mass is 79.9. The first kappa shape index (κ1) is 13.0. The third kappa shape index (κ3) is 2.98. The lowest BCUT2D eigenvalue weighted by atomic mass is 10.1. The minimum atomic E-state index is -0.319. The van der Waals surface area contributed by atoms with E-state index in [4.69, 9.17) is 5.73 Å². The van der Waals surface area contributed by atoms with Gasteiger partial charge in [0.25, 0.3) is 0 Å². The summed E-state index contributed by atoms with van der Waals surface area (Å²) in [5, 5.41) is 3.14. The van der Waals surface area contributed by atoms with Gasteiger partial charge in [0.2, 0.25) is 5.91 Å². The van der Waals surface area contributed by atoms with Gasteiger partial charge in [-0.2, -0.15) is 0 Å². The van der Waals surface area contributed by atoms with Gasteiger partial charge in [-0.25, -0.2) is 0 Å². The van der Waals surface area contributed by atoms with Crippen molar-refractivity contribution < 1.29 is 4.79 Å². The average Bonchev–Trinajstić information content (AvgIpc) is 2.21. The van der Waals surface area contributed by atoms with Crippen LogP contribution >= 0.6 is 15.9 Å². The quantitative estimate of drug-likeness (QED) is 0.893. The van der Waals surface area contributed by atoms with Crippen molar-refractivity contribution in [1.29, 1.82) is 0 Å². The minimum Gasteiger partial charge on any atom is -0.374 e. The summed E-state index contributed by atoms with van der Waals surface area (Å²) < 4.78 is 1.10. The predicted molar refractivity (Wildman–Crippen MR) is 70.5 cm³/mol. The van der Waals surface area contributed by atoms with Crippen LogP contribution in [0.25, 0.3) is 0 Å². The molecular weight excluding hydrogens is 268 g/mol. The number of benzene rings is 1. The van der Waals surface area contributed by atoms with Crippen molar-refractivity contribution >= 4 is 27.5 Å². The van der Waals surface area contributed by atoms with Gasteiger partial charge >= 0.3 is 0 Å². The van der Waals surface area contributed by atoms with Crippen molar-refractivity contribution in [3.63, 3.8) is 0 Å². The molecule has 3 N–H and O–H groups in total. The second-order valence-electron chi connectivity index (χ2n) is 3.93. The number of aryl methyl sites for hydroxylation is 2. The Bertz CT molecular complexity index is 381. The Labute approximate surface area is 105 Å². The highest BCUT2D eigenvalue weighted by Crippen LogP contribution is 2.25. The third-order valence-electron chi connectivity index (χ3n) is 2.53. The minimum absolute atomic E-state index is 0.306. The normalized spacial score (nSPS) is 12.2. The smallest absolute Gasteiger partial charge is 0.239 e. The Morgan fingerprint density at radius 1 is 1.44 bits per heavy atom. The summed E-state index contributed by atoms with van der Waals surface area (Å²) in [5.74, 6) is -0.319. The van der Waals surface area contributed by atoms with Crippen molar-refractivity contribution in [3.8, 4) is 0 Å². The molecule has 0 aliphatic heterocycles. The van der Waals surface area contributed by atoms with Crippen molar-refractivity contribution in [1.82, 2.24) is 0 Å². The second-order valence-corrected chi connectivity index (χ2v) is 4.72. The first-order valence-corrected chi connectivity index (χ1v) is 6.07. The number of nitrogens with two attached hydrogens (primary N) is 1. The van der Waals surface area contributed by atoms with E-state index in [-0.39, 0.29) is 11.9 Å². The SMILES string of the molecule is CCC(Nc1cc(C)c(Br)c(C)c1)C(N)=O. The molecule has 1 atom stereocenters. The van der Waals surface area contributed by atoms with Gasteiger partial charge in [0.1, 0.15) is 6.04 Å². The van der Waals surface area contributed by atoms with Gasteiger partial charge in [-0.15, -0.1) is 0 Å². The molecule has 4 heteroatoms. The Balaban J connectivity index is 2.93. The number of anilines is 1. The Hall–Kier alpha value is -1.03. The average molecular weight is 285 g/mol. The van der Waals surface area contributed by atoms with Gasteiger partial charge in [0.05, 0.1) is 0 Å². The summed E-state index contributed by atoms with van der Waals surface area (Å²) in [5.41, 5.74) is 8.51.